The van der Waals surface area contributed by atoms with E-state index >= 15 is 0 Å². The molecule has 0 N–H and O–H groups in total. The lowest BCUT2D eigenvalue weighted by molar-refractivity contribution is 0.0202. The first kappa shape index (κ1) is 20.3. The van der Waals surface area contributed by atoms with E-state index < -0.39 is 0 Å². The molecule has 0 bridgehead atoms. The number of benzene rings is 1. The van der Waals surface area contributed by atoms with Crippen LogP contribution in [-0.2, 0) is 0 Å². The maximum absolute atomic E-state index is 6.34. The first-order chi connectivity index (χ1) is 13.7. The van der Waals surface area contributed by atoms with Crippen LogP contribution in [0.1, 0.15) is 52.9 Å². The highest BCUT2D eigenvalue weighted by molar-refractivity contribution is 5.59. The maximum atomic E-state index is 6.34. The minimum atomic E-state index is 0.117. The van der Waals surface area contributed by atoms with Crippen LogP contribution in [0.2, 0.25) is 0 Å². The van der Waals surface area contributed by atoms with Gasteiger partial charge in [0, 0.05) is 24.8 Å². The van der Waals surface area contributed by atoms with Crippen molar-refractivity contribution >= 4 is 5.78 Å². The number of hydrogen-bond acceptors (Lipinski definition) is 5. The second kappa shape index (κ2) is 10.2. The monoisotopic (exact) mass is 381 g/mol. The minimum Gasteiger partial charge on any atom is -0.475 e. The van der Waals surface area contributed by atoms with Gasteiger partial charge in [0.25, 0.3) is 5.78 Å². The van der Waals surface area contributed by atoms with Gasteiger partial charge in [0.2, 0.25) is 0 Å². The Morgan fingerprint density at radius 2 is 1.71 bits per heavy atom. The predicted molar refractivity (Wildman–Crippen MR) is 112 cm³/mol. The van der Waals surface area contributed by atoms with E-state index in [1.807, 2.05) is 24.3 Å². The number of imidazole rings is 1. The summed E-state index contributed by atoms with van der Waals surface area (Å²) >= 11 is 0. The van der Waals surface area contributed by atoms with Crippen LogP contribution in [0.4, 0.5) is 0 Å². The minimum absolute atomic E-state index is 0.117. The first-order valence-corrected chi connectivity index (χ1v) is 10.4. The van der Waals surface area contributed by atoms with Gasteiger partial charge in [0.1, 0.15) is 11.4 Å². The highest BCUT2D eigenvalue weighted by Gasteiger charge is 2.17. The van der Waals surface area contributed by atoms with Crippen molar-refractivity contribution in [2.75, 3.05) is 13.1 Å². The average Bonchev–Trinajstić information content (AvgIpc) is 3.21. The number of nitrogens with zero attached hydrogens (tertiary/aromatic N) is 5. The molecule has 1 atom stereocenters. The lowest BCUT2D eigenvalue weighted by Crippen LogP contribution is -2.40. The predicted octanol–water partition coefficient (Wildman–Crippen LogP) is 4.81. The number of aromatic nitrogens is 4. The molecule has 3 aromatic rings. The molecule has 0 saturated carbocycles. The third-order valence-electron chi connectivity index (χ3n) is 4.90. The molecule has 0 fully saturated rings. The summed E-state index contributed by atoms with van der Waals surface area (Å²) in [5.74, 6) is 1.50. The van der Waals surface area contributed by atoms with Gasteiger partial charge in [-0.3, -0.25) is 4.90 Å². The number of unbranched alkanes of at least 4 members (excludes halogenated alkanes) is 2. The van der Waals surface area contributed by atoms with Gasteiger partial charge < -0.3 is 4.74 Å². The summed E-state index contributed by atoms with van der Waals surface area (Å²) in [4.78, 5) is 11.0. The molecule has 0 aliphatic heterocycles. The van der Waals surface area contributed by atoms with Gasteiger partial charge in [-0.05, 0) is 43.5 Å². The van der Waals surface area contributed by atoms with Gasteiger partial charge in [-0.2, -0.15) is 5.10 Å². The lowest BCUT2D eigenvalue weighted by atomic mass is 10.1. The van der Waals surface area contributed by atoms with E-state index in [9.17, 15) is 0 Å². The summed E-state index contributed by atoms with van der Waals surface area (Å²) in [6.45, 7) is 8.85. The fourth-order valence-electron chi connectivity index (χ4n) is 3.25. The van der Waals surface area contributed by atoms with Crippen LogP contribution in [0.5, 0.6) is 5.75 Å². The van der Waals surface area contributed by atoms with Crippen LogP contribution in [-0.4, -0.2) is 43.8 Å². The SMILES string of the molecule is CCCCN(CCCC)C(CC)Oc1ccc(-c2cnc3nccn3n2)cc1. The second-order valence-corrected chi connectivity index (χ2v) is 7.06. The Kier molecular flexibility index (Phi) is 7.37. The molecule has 6 nitrogen and oxygen atoms in total. The Labute approximate surface area is 167 Å². The molecule has 1 unspecified atom stereocenters. The van der Waals surface area contributed by atoms with Crippen molar-refractivity contribution in [1.82, 2.24) is 24.5 Å². The van der Waals surface area contributed by atoms with Crippen molar-refractivity contribution in [3.05, 3.63) is 42.9 Å². The smallest absolute Gasteiger partial charge is 0.250 e. The second-order valence-electron chi connectivity index (χ2n) is 7.06. The number of ether oxygens (including phenoxy) is 1. The maximum Gasteiger partial charge on any atom is 0.250 e. The normalized spacial score (nSPS) is 12.6. The Morgan fingerprint density at radius 1 is 1.00 bits per heavy atom. The van der Waals surface area contributed by atoms with Gasteiger partial charge in [-0.15, -0.1) is 0 Å². The molecular formula is C22H31N5O. The fourth-order valence-corrected chi connectivity index (χ4v) is 3.25. The van der Waals surface area contributed by atoms with Crippen LogP contribution in [0, 0.1) is 0 Å². The molecule has 1 aromatic carbocycles. The van der Waals surface area contributed by atoms with Crippen LogP contribution >= 0.6 is 0 Å². The quantitative estimate of drug-likeness (QED) is 0.446. The third kappa shape index (κ3) is 5.07. The van der Waals surface area contributed by atoms with Crippen molar-refractivity contribution in [3.63, 3.8) is 0 Å². The Balaban J connectivity index is 1.70. The van der Waals surface area contributed by atoms with Gasteiger partial charge in [-0.1, -0.05) is 33.6 Å². The molecule has 0 aliphatic rings. The van der Waals surface area contributed by atoms with E-state index in [0.717, 1.165) is 36.5 Å². The number of fused-ring (bicyclic) bond motifs is 1. The zero-order valence-corrected chi connectivity index (χ0v) is 17.2. The molecular weight excluding hydrogens is 350 g/mol. The topological polar surface area (TPSA) is 55.5 Å². The summed E-state index contributed by atoms with van der Waals surface area (Å²) in [7, 11) is 0. The van der Waals surface area contributed by atoms with Crippen molar-refractivity contribution in [2.45, 2.75) is 59.1 Å². The molecule has 0 radical (unpaired) electrons. The van der Waals surface area contributed by atoms with Gasteiger partial charge in [-0.25, -0.2) is 14.5 Å². The summed E-state index contributed by atoms with van der Waals surface area (Å²) in [5, 5.41) is 4.55. The molecule has 0 saturated heterocycles. The molecule has 6 heteroatoms. The molecule has 2 heterocycles. The molecule has 0 aliphatic carbocycles. The van der Waals surface area contributed by atoms with E-state index in [1.165, 1.54) is 25.7 Å². The highest BCUT2D eigenvalue weighted by atomic mass is 16.5. The fraction of sp³-hybridized carbons (Fsp3) is 0.500. The van der Waals surface area contributed by atoms with Crippen molar-refractivity contribution in [3.8, 4) is 17.0 Å². The van der Waals surface area contributed by atoms with Crippen LogP contribution in [0.25, 0.3) is 17.0 Å². The Hall–Kier alpha value is -2.47. The zero-order chi connectivity index (χ0) is 19.8. The standard InChI is InChI=1S/C22H31N5O/c1-4-7-14-26(15-8-5-2)21(6-3)28-19-11-9-18(10-12-19)20-17-24-22-23-13-16-27(22)25-20/h9-13,16-17,21H,4-8,14-15H2,1-3H3. The summed E-state index contributed by atoms with van der Waals surface area (Å²) in [6, 6.07) is 8.12. The molecule has 0 spiro atoms. The molecule has 0 amide bonds. The molecule has 150 valence electrons. The van der Waals surface area contributed by atoms with E-state index in [0.29, 0.717) is 5.78 Å². The largest absolute Gasteiger partial charge is 0.475 e. The van der Waals surface area contributed by atoms with Crippen molar-refractivity contribution in [2.24, 2.45) is 0 Å². The van der Waals surface area contributed by atoms with E-state index in [2.05, 4.69) is 40.7 Å². The number of rotatable bonds is 11. The van der Waals surface area contributed by atoms with Crippen molar-refractivity contribution < 1.29 is 4.74 Å². The van der Waals surface area contributed by atoms with Gasteiger partial charge in [0.15, 0.2) is 6.23 Å². The third-order valence-corrected chi connectivity index (χ3v) is 4.90. The Bertz CT molecular complexity index is 838. The molecule has 2 aromatic heterocycles. The zero-order valence-electron chi connectivity index (χ0n) is 17.2. The van der Waals surface area contributed by atoms with Crippen LogP contribution in [0.3, 0.4) is 0 Å². The van der Waals surface area contributed by atoms with Crippen molar-refractivity contribution in [1.29, 1.82) is 0 Å². The lowest BCUT2D eigenvalue weighted by Gasteiger charge is -2.31. The van der Waals surface area contributed by atoms with Gasteiger partial charge in [0.05, 0.1) is 12.4 Å². The average molecular weight is 382 g/mol. The summed E-state index contributed by atoms with van der Waals surface area (Å²) < 4.78 is 8.03. The first-order valence-electron chi connectivity index (χ1n) is 10.4. The number of hydrogen-bond donors (Lipinski definition) is 0. The van der Waals surface area contributed by atoms with Crippen LogP contribution in [0.15, 0.2) is 42.9 Å². The van der Waals surface area contributed by atoms with E-state index in [4.69, 9.17) is 4.74 Å². The highest BCUT2D eigenvalue weighted by Crippen LogP contribution is 2.22. The molecule has 28 heavy (non-hydrogen) atoms. The van der Waals surface area contributed by atoms with E-state index in [1.54, 1.807) is 23.1 Å². The van der Waals surface area contributed by atoms with Crippen LogP contribution < -0.4 is 4.74 Å². The summed E-state index contributed by atoms with van der Waals surface area (Å²) in [5.41, 5.74) is 1.83. The molecule has 3 rings (SSSR count). The Morgan fingerprint density at radius 3 is 2.36 bits per heavy atom. The van der Waals surface area contributed by atoms with Gasteiger partial charge >= 0.3 is 0 Å². The summed E-state index contributed by atoms with van der Waals surface area (Å²) in [6.07, 6.45) is 11.2. The van der Waals surface area contributed by atoms with E-state index in [-0.39, 0.29) is 6.23 Å².